The van der Waals surface area contributed by atoms with Crippen LogP contribution in [-0.2, 0) is 34.1 Å². The quantitative estimate of drug-likeness (QED) is 0.296. The van der Waals surface area contributed by atoms with Gasteiger partial charge in [-0.05, 0) is 63.2 Å². The molecule has 4 aliphatic heterocycles. The lowest BCUT2D eigenvalue weighted by atomic mass is 9.77. The molecule has 0 bridgehead atoms. The first-order valence-electron chi connectivity index (χ1n) is 15.2. The van der Waals surface area contributed by atoms with Gasteiger partial charge in [0.05, 0.1) is 37.2 Å². The maximum atomic E-state index is 13.5. The van der Waals surface area contributed by atoms with Crippen LogP contribution in [0.25, 0.3) is 0 Å². The number of methoxy groups -OCH3 is 2. The first-order valence-corrected chi connectivity index (χ1v) is 15.2. The second-order valence-electron chi connectivity index (χ2n) is 13.0. The minimum absolute atomic E-state index is 0.212. The molecule has 0 aromatic heterocycles. The van der Waals surface area contributed by atoms with Crippen LogP contribution in [0.3, 0.4) is 0 Å². The van der Waals surface area contributed by atoms with Crippen LogP contribution in [0.15, 0.2) is 54.6 Å². The van der Waals surface area contributed by atoms with E-state index in [0.717, 1.165) is 11.4 Å². The minimum atomic E-state index is -1.41. The van der Waals surface area contributed by atoms with Gasteiger partial charge >= 0.3 is 23.9 Å². The Labute approximate surface area is 265 Å². The molecule has 1 spiro atoms. The summed E-state index contributed by atoms with van der Waals surface area (Å²) < 4.78 is 28.3. The molecule has 46 heavy (non-hydrogen) atoms. The van der Waals surface area contributed by atoms with E-state index in [2.05, 4.69) is 0 Å². The van der Waals surface area contributed by atoms with E-state index >= 15 is 0 Å². The summed E-state index contributed by atoms with van der Waals surface area (Å²) in [7, 11) is 2.77. The van der Waals surface area contributed by atoms with Gasteiger partial charge in [-0.2, -0.15) is 0 Å². The Kier molecular flexibility index (Phi) is 6.77. The van der Waals surface area contributed by atoms with Crippen molar-refractivity contribution in [1.29, 1.82) is 0 Å². The molecular formula is C35H34N2O9. The number of ether oxygens (including phenoxy) is 5. The summed E-state index contributed by atoms with van der Waals surface area (Å²) in [6.07, 6.45) is 0. The van der Waals surface area contributed by atoms with Gasteiger partial charge in [0.2, 0.25) is 0 Å². The summed E-state index contributed by atoms with van der Waals surface area (Å²) in [5.74, 6) is -1.01. The van der Waals surface area contributed by atoms with E-state index in [1.807, 2.05) is 46.2 Å². The molecule has 238 valence electrons. The number of anilines is 2. The Morgan fingerprint density at radius 3 is 1.76 bits per heavy atom. The molecule has 0 amide bonds. The van der Waals surface area contributed by atoms with Crippen molar-refractivity contribution in [1.82, 2.24) is 0 Å². The molecule has 11 nitrogen and oxygen atoms in total. The molecule has 0 N–H and O–H groups in total. The lowest BCUT2D eigenvalue weighted by molar-refractivity contribution is -0.147. The summed E-state index contributed by atoms with van der Waals surface area (Å²) in [4.78, 5) is 54.8. The maximum absolute atomic E-state index is 13.5. The van der Waals surface area contributed by atoms with Gasteiger partial charge in [-0.25, -0.2) is 9.59 Å². The fourth-order valence-corrected chi connectivity index (χ4v) is 6.57. The van der Waals surface area contributed by atoms with E-state index in [-0.39, 0.29) is 29.3 Å². The Morgan fingerprint density at radius 1 is 0.761 bits per heavy atom. The fraction of sp³-hybridized carbons (Fsp3) is 0.371. The van der Waals surface area contributed by atoms with Crippen molar-refractivity contribution in [3.8, 4) is 11.5 Å². The molecular weight excluding hydrogens is 592 g/mol. The Hall–Kier alpha value is -5.06. The monoisotopic (exact) mass is 626 g/mol. The second kappa shape index (κ2) is 10.5. The van der Waals surface area contributed by atoms with Crippen LogP contribution < -0.4 is 14.5 Å². The first-order chi connectivity index (χ1) is 21.9. The molecule has 2 fully saturated rings. The number of esters is 4. The van der Waals surface area contributed by atoms with Crippen LogP contribution in [-0.4, -0.2) is 69.9 Å². The molecule has 0 aliphatic carbocycles. The molecule has 7 rings (SSSR count). The topological polar surface area (TPSA) is 121 Å². The summed E-state index contributed by atoms with van der Waals surface area (Å²) in [5.41, 5.74) is 1.90. The highest BCUT2D eigenvalue weighted by molar-refractivity contribution is 5.99. The number of rotatable bonds is 5. The third-order valence-corrected chi connectivity index (χ3v) is 8.97. The van der Waals surface area contributed by atoms with E-state index in [9.17, 15) is 19.2 Å². The summed E-state index contributed by atoms with van der Waals surface area (Å²) in [6, 6.07) is 16.1. The number of carbonyl (C=O) groups excluding carboxylic acids is 4. The normalized spacial score (nSPS) is 17.9. The van der Waals surface area contributed by atoms with Gasteiger partial charge in [0.25, 0.3) is 0 Å². The molecule has 3 aromatic carbocycles. The van der Waals surface area contributed by atoms with Gasteiger partial charge in [0, 0.05) is 66.4 Å². The molecule has 2 saturated heterocycles. The van der Waals surface area contributed by atoms with Crippen molar-refractivity contribution < 1.29 is 42.9 Å². The molecule has 0 unspecified atom stereocenters. The van der Waals surface area contributed by atoms with Crippen LogP contribution in [0, 0.1) is 11.8 Å². The molecule has 3 aromatic rings. The van der Waals surface area contributed by atoms with Gasteiger partial charge < -0.3 is 33.5 Å². The molecule has 0 saturated carbocycles. The van der Waals surface area contributed by atoms with Crippen LogP contribution >= 0.6 is 0 Å². The first kappa shape index (κ1) is 29.6. The van der Waals surface area contributed by atoms with E-state index in [1.54, 1.807) is 39.0 Å². The summed E-state index contributed by atoms with van der Waals surface area (Å²) in [6.45, 7) is 7.40. The van der Waals surface area contributed by atoms with Crippen LogP contribution in [0.4, 0.5) is 11.4 Å². The van der Waals surface area contributed by atoms with Crippen LogP contribution in [0.5, 0.6) is 11.5 Å². The predicted octanol–water partition coefficient (Wildman–Crippen LogP) is 4.43. The smallest absolute Gasteiger partial charge is 0.340 e. The van der Waals surface area contributed by atoms with Crippen molar-refractivity contribution in [2.45, 2.75) is 32.0 Å². The zero-order valence-corrected chi connectivity index (χ0v) is 26.2. The van der Waals surface area contributed by atoms with Crippen molar-refractivity contribution in [2.75, 3.05) is 50.2 Å². The zero-order valence-electron chi connectivity index (χ0n) is 26.2. The zero-order chi connectivity index (χ0) is 32.5. The third-order valence-electron chi connectivity index (χ3n) is 8.97. The van der Waals surface area contributed by atoms with E-state index in [0.29, 0.717) is 59.9 Å². The minimum Gasteiger partial charge on any atom is -0.469 e. The van der Waals surface area contributed by atoms with Crippen molar-refractivity contribution >= 4 is 35.3 Å². The molecule has 11 heteroatoms. The van der Waals surface area contributed by atoms with Gasteiger partial charge in [0.1, 0.15) is 17.1 Å². The fourth-order valence-electron chi connectivity index (χ4n) is 6.57. The number of fused-ring (bicyclic) bond motifs is 6. The lowest BCUT2D eigenvalue weighted by Gasteiger charge is -2.42. The Morgan fingerprint density at radius 2 is 1.28 bits per heavy atom. The summed E-state index contributed by atoms with van der Waals surface area (Å²) >= 11 is 0. The number of hydrogen-bond donors (Lipinski definition) is 0. The van der Waals surface area contributed by atoms with E-state index < -0.39 is 23.1 Å². The van der Waals surface area contributed by atoms with Crippen molar-refractivity contribution in [3.05, 3.63) is 82.4 Å². The van der Waals surface area contributed by atoms with Crippen LogP contribution in [0.2, 0.25) is 0 Å². The number of benzene rings is 3. The molecule has 0 atom stereocenters. The highest BCUT2D eigenvalue weighted by Gasteiger charge is 2.54. The van der Waals surface area contributed by atoms with Gasteiger partial charge in [-0.15, -0.1) is 0 Å². The van der Waals surface area contributed by atoms with Crippen molar-refractivity contribution in [2.24, 2.45) is 11.8 Å². The highest BCUT2D eigenvalue weighted by Crippen LogP contribution is 2.57. The second-order valence-corrected chi connectivity index (χ2v) is 13.0. The predicted molar refractivity (Wildman–Crippen MR) is 165 cm³/mol. The SMILES string of the molecule is COC(=O)C1CN(c2ccc3c(c2)Oc2cc(N4CC(C(=O)OC)C4)ccc2C32OC(=O)c3ccc(C(=O)OC(C)(C)C)cc32)C1. The summed E-state index contributed by atoms with van der Waals surface area (Å²) in [5, 5.41) is 0. The average Bonchev–Trinajstić information content (AvgIpc) is 3.26. The molecule has 0 radical (unpaired) electrons. The molecule has 4 aliphatic rings. The Balaban J connectivity index is 1.33. The van der Waals surface area contributed by atoms with Gasteiger partial charge in [0.15, 0.2) is 5.60 Å². The maximum Gasteiger partial charge on any atom is 0.340 e. The third kappa shape index (κ3) is 4.64. The average molecular weight is 627 g/mol. The standard InChI is InChI=1S/C35H34N2O9/c1-34(2,3)45-32(40)19-6-9-24-27(12-19)35(46-33(24)41)25-10-7-22(36-15-20(16-36)30(38)42-4)13-28(25)44-29-14-23(8-11-26(29)35)37-17-21(18-37)31(39)43-5/h6-14,20-21H,15-18H2,1-5H3. The Bertz CT molecular complexity index is 1720. The van der Waals surface area contributed by atoms with E-state index in [1.165, 1.54) is 14.2 Å². The number of nitrogens with zero attached hydrogens (tertiary/aromatic N) is 2. The number of carbonyl (C=O) groups is 4. The van der Waals surface area contributed by atoms with Gasteiger partial charge in [-0.3, -0.25) is 9.59 Å². The van der Waals surface area contributed by atoms with Crippen LogP contribution in [0.1, 0.15) is 58.2 Å². The lowest BCUT2D eigenvalue weighted by Crippen LogP contribution is -2.51. The van der Waals surface area contributed by atoms with Crippen molar-refractivity contribution in [3.63, 3.8) is 0 Å². The largest absolute Gasteiger partial charge is 0.469 e. The van der Waals surface area contributed by atoms with Gasteiger partial charge in [-0.1, -0.05) is 0 Å². The highest BCUT2D eigenvalue weighted by atomic mass is 16.6. The molecule has 4 heterocycles. The van der Waals surface area contributed by atoms with E-state index in [4.69, 9.17) is 23.7 Å². The number of hydrogen-bond acceptors (Lipinski definition) is 11.